The summed E-state index contributed by atoms with van der Waals surface area (Å²) in [4.78, 5) is 13.7. The second kappa shape index (κ2) is 5.54. The van der Waals surface area contributed by atoms with Crippen LogP contribution >= 0.6 is 0 Å². The lowest BCUT2D eigenvalue weighted by atomic mass is 10.1. The van der Waals surface area contributed by atoms with Crippen LogP contribution in [0.25, 0.3) is 0 Å². The predicted octanol–water partition coefficient (Wildman–Crippen LogP) is 2.47. The predicted molar refractivity (Wildman–Crippen MR) is 68.5 cm³/mol. The van der Waals surface area contributed by atoms with Crippen molar-refractivity contribution in [3.05, 3.63) is 23.8 Å². The summed E-state index contributed by atoms with van der Waals surface area (Å²) < 4.78 is 5.54. The van der Waals surface area contributed by atoms with Crippen LogP contribution in [0.15, 0.2) is 18.2 Å². The largest absolute Gasteiger partial charge is 0.492 e. The highest BCUT2D eigenvalue weighted by atomic mass is 16.5. The number of amides is 1. The summed E-state index contributed by atoms with van der Waals surface area (Å²) in [7, 11) is 0. The summed E-state index contributed by atoms with van der Waals surface area (Å²) in [6.45, 7) is 3.13. The van der Waals surface area contributed by atoms with Crippen LogP contribution in [0.5, 0.6) is 5.75 Å². The Bertz CT molecular complexity index is 491. The smallest absolute Gasteiger partial charge is 0.227 e. The van der Waals surface area contributed by atoms with E-state index in [0.29, 0.717) is 24.3 Å². The lowest BCUT2D eigenvalue weighted by Crippen LogP contribution is -2.35. The monoisotopic (exact) mass is 244 g/mol. The molecule has 1 aromatic rings. The van der Waals surface area contributed by atoms with Gasteiger partial charge in [0.15, 0.2) is 0 Å². The van der Waals surface area contributed by atoms with Gasteiger partial charge < -0.3 is 9.64 Å². The number of piperidine rings is 1. The number of rotatable bonds is 3. The molecule has 0 aliphatic carbocycles. The Kier molecular flexibility index (Phi) is 3.83. The number of hydrogen-bond donors (Lipinski definition) is 0. The number of carbonyl (C=O) groups excluding carboxylic acids is 1. The second-order valence-corrected chi connectivity index (χ2v) is 4.23. The van der Waals surface area contributed by atoms with E-state index in [0.717, 1.165) is 25.1 Å². The highest BCUT2D eigenvalue weighted by molar-refractivity contribution is 5.95. The minimum Gasteiger partial charge on any atom is -0.492 e. The number of anilines is 1. The molecule has 4 heteroatoms. The maximum Gasteiger partial charge on any atom is 0.227 e. The van der Waals surface area contributed by atoms with Gasteiger partial charge in [-0.1, -0.05) is 0 Å². The van der Waals surface area contributed by atoms with Crippen LogP contribution in [0.1, 0.15) is 31.7 Å². The van der Waals surface area contributed by atoms with Crippen molar-refractivity contribution >= 4 is 11.6 Å². The Morgan fingerprint density at radius 3 is 2.94 bits per heavy atom. The SMILES string of the molecule is CCOc1cc(C#N)ccc1N1CCCCC1=O. The normalized spacial score (nSPS) is 15.3. The van der Waals surface area contributed by atoms with E-state index in [4.69, 9.17) is 10.00 Å². The van der Waals surface area contributed by atoms with E-state index >= 15 is 0 Å². The third kappa shape index (κ3) is 2.45. The van der Waals surface area contributed by atoms with Gasteiger partial charge in [0.2, 0.25) is 5.91 Å². The van der Waals surface area contributed by atoms with Crippen molar-refractivity contribution < 1.29 is 9.53 Å². The first kappa shape index (κ1) is 12.4. The maximum atomic E-state index is 11.9. The molecular formula is C14H16N2O2. The van der Waals surface area contributed by atoms with Gasteiger partial charge in [-0.3, -0.25) is 4.79 Å². The number of carbonyl (C=O) groups is 1. The first-order chi connectivity index (χ1) is 8.76. The van der Waals surface area contributed by atoms with Crippen molar-refractivity contribution in [3.63, 3.8) is 0 Å². The molecule has 0 bridgehead atoms. The fraction of sp³-hybridized carbons (Fsp3) is 0.429. The standard InChI is InChI=1S/C14H16N2O2/c1-2-18-13-9-11(10-15)6-7-12(13)16-8-4-3-5-14(16)17/h6-7,9H,2-5,8H2,1H3. The third-order valence-electron chi connectivity index (χ3n) is 3.00. The van der Waals surface area contributed by atoms with Gasteiger partial charge in [0.05, 0.1) is 23.9 Å². The summed E-state index contributed by atoms with van der Waals surface area (Å²) in [5.74, 6) is 0.749. The van der Waals surface area contributed by atoms with Crippen molar-refractivity contribution in [2.45, 2.75) is 26.2 Å². The highest BCUT2D eigenvalue weighted by Gasteiger charge is 2.22. The van der Waals surface area contributed by atoms with Crippen LogP contribution in [-0.2, 0) is 4.79 Å². The lowest BCUT2D eigenvalue weighted by molar-refractivity contribution is -0.119. The number of benzene rings is 1. The van der Waals surface area contributed by atoms with E-state index in [-0.39, 0.29) is 5.91 Å². The van der Waals surface area contributed by atoms with Crippen molar-refractivity contribution in [2.24, 2.45) is 0 Å². The van der Waals surface area contributed by atoms with Crippen LogP contribution in [0.4, 0.5) is 5.69 Å². The highest BCUT2D eigenvalue weighted by Crippen LogP contribution is 2.32. The summed E-state index contributed by atoms with van der Waals surface area (Å²) in [6, 6.07) is 7.30. The number of hydrogen-bond acceptors (Lipinski definition) is 3. The molecule has 0 unspecified atom stereocenters. The lowest BCUT2D eigenvalue weighted by Gasteiger charge is -2.28. The topological polar surface area (TPSA) is 53.3 Å². The van der Waals surface area contributed by atoms with Gasteiger partial charge in [0.1, 0.15) is 5.75 Å². The number of ether oxygens (including phenoxy) is 1. The molecular weight excluding hydrogens is 228 g/mol. The fourth-order valence-corrected chi connectivity index (χ4v) is 2.14. The summed E-state index contributed by atoms with van der Waals surface area (Å²) >= 11 is 0. The zero-order valence-electron chi connectivity index (χ0n) is 10.5. The number of nitriles is 1. The van der Waals surface area contributed by atoms with Gasteiger partial charge >= 0.3 is 0 Å². The average molecular weight is 244 g/mol. The Morgan fingerprint density at radius 1 is 1.44 bits per heavy atom. The van der Waals surface area contributed by atoms with E-state index in [1.165, 1.54) is 0 Å². The molecule has 1 heterocycles. The molecule has 1 aromatic carbocycles. The fourth-order valence-electron chi connectivity index (χ4n) is 2.14. The van der Waals surface area contributed by atoms with E-state index in [1.807, 2.05) is 6.92 Å². The molecule has 18 heavy (non-hydrogen) atoms. The summed E-state index contributed by atoms with van der Waals surface area (Å²) in [5.41, 5.74) is 1.33. The van der Waals surface area contributed by atoms with Gasteiger partial charge in [0.25, 0.3) is 0 Å². The molecule has 0 N–H and O–H groups in total. The molecule has 2 rings (SSSR count). The molecule has 1 aliphatic rings. The maximum absolute atomic E-state index is 11.9. The minimum absolute atomic E-state index is 0.131. The Hall–Kier alpha value is -2.02. The summed E-state index contributed by atoms with van der Waals surface area (Å²) in [5, 5.41) is 8.90. The molecule has 1 fully saturated rings. The molecule has 0 atom stereocenters. The average Bonchev–Trinajstić information content (AvgIpc) is 2.40. The molecule has 0 radical (unpaired) electrons. The van der Waals surface area contributed by atoms with Crippen molar-refractivity contribution in [3.8, 4) is 11.8 Å². The quantitative estimate of drug-likeness (QED) is 0.820. The van der Waals surface area contributed by atoms with E-state index < -0.39 is 0 Å². The van der Waals surface area contributed by atoms with Crippen LogP contribution in [0, 0.1) is 11.3 Å². The first-order valence-corrected chi connectivity index (χ1v) is 6.23. The third-order valence-corrected chi connectivity index (χ3v) is 3.00. The van der Waals surface area contributed by atoms with E-state index in [2.05, 4.69) is 6.07 Å². The van der Waals surface area contributed by atoms with E-state index in [9.17, 15) is 4.79 Å². The Morgan fingerprint density at radius 2 is 2.28 bits per heavy atom. The van der Waals surface area contributed by atoms with Gasteiger partial charge in [-0.05, 0) is 31.9 Å². The molecule has 1 aliphatic heterocycles. The molecule has 4 nitrogen and oxygen atoms in total. The molecule has 1 amide bonds. The van der Waals surface area contributed by atoms with Crippen LogP contribution in [0.3, 0.4) is 0 Å². The van der Waals surface area contributed by atoms with Gasteiger partial charge in [-0.15, -0.1) is 0 Å². The van der Waals surface area contributed by atoms with Crippen molar-refractivity contribution in [1.29, 1.82) is 5.26 Å². The van der Waals surface area contributed by atoms with Crippen molar-refractivity contribution in [1.82, 2.24) is 0 Å². The zero-order chi connectivity index (χ0) is 13.0. The minimum atomic E-state index is 0.131. The zero-order valence-corrected chi connectivity index (χ0v) is 10.5. The second-order valence-electron chi connectivity index (χ2n) is 4.23. The van der Waals surface area contributed by atoms with Crippen LogP contribution < -0.4 is 9.64 Å². The van der Waals surface area contributed by atoms with Crippen molar-refractivity contribution in [2.75, 3.05) is 18.1 Å². The van der Waals surface area contributed by atoms with Gasteiger partial charge in [0, 0.05) is 19.0 Å². The van der Waals surface area contributed by atoms with Crippen LogP contribution in [-0.4, -0.2) is 19.1 Å². The number of nitrogens with zero attached hydrogens (tertiary/aromatic N) is 2. The molecule has 0 spiro atoms. The summed E-state index contributed by atoms with van der Waals surface area (Å²) in [6.07, 6.45) is 2.55. The molecule has 94 valence electrons. The Balaban J connectivity index is 2.36. The molecule has 0 aromatic heterocycles. The van der Waals surface area contributed by atoms with E-state index in [1.54, 1.807) is 23.1 Å². The van der Waals surface area contributed by atoms with Gasteiger partial charge in [-0.25, -0.2) is 0 Å². The Labute approximate surface area is 107 Å². The van der Waals surface area contributed by atoms with Gasteiger partial charge in [-0.2, -0.15) is 5.26 Å². The first-order valence-electron chi connectivity index (χ1n) is 6.23. The van der Waals surface area contributed by atoms with Crippen LogP contribution in [0.2, 0.25) is 0 Å². The molecule has 1 saturated heterocycles. The molecule has 0 saturated carbocycles.